The van der Waals surface area contributed by atoms with Crippen molar-refractivity contribution in [1.82, 2.24) is 5.32 Å². The van der Waals surface area contributed by atoms with Crippen molar-refractivity contribution in [3.8, 4) is 0 Å². The highest BCUT2D eigenvalue weighted by atomic mass is 15.0. The summed E-state index contributed by atoms with van der Waals surface area (Å²) in [6, 6.07) is 12.1. The highest BCUT2D eigenvalue weighted by molar-refractivity contribution is 5.19. The van der Waals surface area contributed by atoms with Crippen molar-refractivity contribution in [3.05, 3.63) is 35.9 Å². The average Bonchev–Trinajstić information content (AvgIpc) is 2.99. The highest BCUT2D eigenvalue weighted by Gasteiger charge is 2.26. The molecule has 2 rings (SSSR count). The van der Waals surface area contributed by atoms with Gasteiger partial charge in [-0.2, -0.15) is 0 Å². The van der Waals surface area contributed by atoms with Crippen LogP contribution in [0.15, 0.2) is 30.3 Å². The van der Waals surface area contributed by atoms with E-state index in [2.05, 4.69) is 49.5 Å². The van der Waals surface area contributed by atoms with E-state index >= 15 is 0 Å². The molecular weight excluding hydrogens is 170 g/mol. The summed E-state index contributed by atoms with van der Waals surface area (Å²) in [5, 5.41) is 3.71. The van der Waals surface area contributed by atoms with Gasteiger partial charge in [-0.15, -0.1) is 0 Å². The van der Waals surface area contributed by atoms with Gasteiger partial charge in [0.15, 0.2) is 0 Å². The van der Waals surface area contributed by atoms with Gasteiger partial charge in [-0.05, 0) is 24.3 Å². The fraction of sp³-hybridized carbons (Fsp3) is 0.538. The summed E-state index contributed by atoms with van der Waals surface area (Å²) in [5.41, 5.74) is 1.43. The molecule has 0 saturated heterocycles. The van der Waals surface area contributed by atoms with Crippen molar-refractivity contribution in [3.63, 3.8) is 0 Å². The maximum atomic E-state index is 3.71. The zero-order valence-corrected chi connectivity index (χ0v) is 9.03. The molecule has 0 radical (unpaired) electrons. The molecule has 0 amide bonds. The van der Waals surface area contributed by atoms with Crippen LogP contribution in [0, 0.1) is 5.92 Å². The molecule has 1 heteroatoms. The Balaban J connectivity index is 2.09. The Labute approximate surface area is 86.5 Å². The van der Waals surface area contributed by atoms with Crippen LogP contribution in [-0.2, 0) is 0 Å². The third-order valence-corrected chi connectivity index (χ3v) is 2.82. The van der Waals surface area contributed by atoms with Gasteiger partial charge in [0.05, 0.1) is 0 Å². The van der Waals surface area contributed by atoms with Crippen LogP contribution in [0.1, 0.15) is 38.3 Å². The Morgan fingerprint density at radius 3 is 2.29 bits per heavy atom. The fourth-order valence-corrected chi connectivity index (χ4v) is 1.84. The lowest BCUT2D eigenvalue weighted by Gasteiger charge is -2.22. The minimum atomic E-state index is 0.531. The lowest BCUT2D eigenvalue weighted by molar-refractivity contribution is 0.409. The van der Waals surface area contributed by atoms with E-state index in [1.807, 2.05) is 0 Å². The van der Waals surface area contributed by atoms with Gasteiger partial charge in [-0.1, -0.05) is 44.2 Å². The van der Waals surface area contributed by atoms with E-state index < -0.39 is 0 Å². The molecule has 0 aromatic heterocycles. The van der Waals surface area contributed by atoms with Crippen molar-refractivity contribution in [2.45, 2.75) is 38.8 Å². The van der Waals surface area contributed by atoms with Crippen LogP contribution in [0.4, 0.5) is 0 Å². The molecule has 1 fully saturated rings. The van der Waals surface area contributed by atoms with Crippen LogP contribution >= 0.6 is 0 Å². The first kappa shape index (κ1) is 9.72. The summed E-state index contributed by atoms with van der Waals surface area (Å²) in [7, 11) is 0. The molecule has 1 N–H and O–H groups in total. The molecule has 1 nitrogen and oxygen atoms in total. The van der Waals surface area contributed by atoms with Gasteiger partial charge in [-0.3, -0.25) is 0 Å². The number of rotatable bonds is 4. The van der Waals surface area contributed by atoms with E-state index in [1.54, 1.807) is 0 Å². The highest BCUT2D eigenvalue weighted by Crippen LogP contribution is 2.28. The van der Waals surface area contributed by atoms with Gasteiger partial charge in [0.25, 0.3) is 0 Å². The monoisotopic (exact) mass is 189 g/mol. The van der Waals surface area contributed by atoms with Gasteiger partial charge in [0.2, 0.25) is 0 Å². The zero-order chi connectivity index (χ0) is 9.97. The quantitative estimate of drug-likeness (QED) is 0.767. The SMILES string of the molecule is CC(C)C(NC1CC1)c1ccccc1. The third-order valence-electron chi connectivity index (χ3n) is 2.82. The van der Waals surface area contributed by atoms with Crippen molar-refractivity contribution >= 4 is 0 Å². The first-order chi connectivity index (χ1) is 6.77. The predicted octanol–water partition coefficient (Wildman–Crippen LogP) is 3.14. The third kappa shape index (κ3) is 2.36. The average molecular weight is 189 g/mol. The van der Waals surface area contributed by atoms with E-state index in [9.17, 15) is 0 Å². The zero-order valence-electron chi connectivity index (χ0n) is 9.03. The molecule has 1 aliphatic carbocycles. The lowest BCUT2D eigenvalue weighted by atomic mass is 9.96. The van der Waals surface area contributed by atoms with E-state index in [0.29, 0.717) is 12.0 Å². The van der Waals surface area contributed by atoms with Crippen LogP contribution in [-0.4, -0.2) is 6.04 Å². The maximum Gasteiger partial charge on any atom is 0.0345 e. The lowest BCUT2D eigenvalue weighted by Crippen LogP contribution is -2.27. The molecule has 1 aliphatic rings. The Morgan fingerprint density at radius 2 is 1.79 bits per heavy atom. The summed E-state index contributed by atoms with van der Waals surface area (Å²) < 4.78 is 0. The first-order valence-electron chi connectivity index (χ1n) is 5.58. The van der Waals surface area contributed by atoms with Gasteiger partial charge in [0, 0.05) is 12.1 Å². The standard InChI is InChI=1S/C13H19N/c1-10(2)13(14-12-8-9-12)11-6-4-3-5-7-11/h3-7,10,12-14H,8-9H2,1-2H3. The molecule has 1 aromatic rings. The van der Waals surface area contributed by atoms with Crippen LogP contribution < -0.4 is 5.32 Å². The van der Waals surface area contributed by atoms with Gasteiger partial charge < -0.3 is 5.32 Å². The molecule has 14 heavy (non-hydrogen) atoms. The summed E-state index contributed by atoms with van der Waals surface area (Å²) in [5.74, 6) is 0.665. The molecule has 1 atom stereocenters. The minimum Gasteiger partial charge on any atom is -0.307 e. The van der Waals surface area contributed by atoms with Crippen LogP contribution in [0.5, 0.6) is 0 Å². The topological polar surface area (TPSA) is 12.0 Å². The largest absolute Gasteiger partial charge is 0.307 e. The molecular formula is C13H19N. The molecule has 76 valence electrons. The predicted molar refractivity (Wildman–Crippen MR) is 60.2 cm³/mol. The number of hydrogen-bond acceptors (Lipinski definition) is 1. The number of benzene rings is 1. The molecule has 0 bridgehead atoms. The second-order valence-electron chi connectivity index (χ2n) is 4.57. The maximum absolute atomic E-state index is 3.71. The molecule has 0 spiro atoms. The molecule has 0 aliphatic heterocycles. The fourth-order valence-electron chi connectivity index (χ4n) is 1.84. The van der Waals surface area contributed by atoms with Crippen molar-refractivity contribution in [2.24, 2.45) is 5.92 Å². The Morgan fingerprint density at radius 1 is 1.14 bits per heavy atom. The second kappa shape index (κ2) is 4.14. The van der Waals surface area contributed by atoms with E-state index in [4.69, 9.17) is 0 Å². The molecule has 1 saturated carbocycles. The van der Waals surface area contributed by atoms with E-state index in [-0.39, 0.29) is 0 Å². The summed E-state index contributed by atoms with van der Waals surface area (Å²) in [4.78, 5) is 0. The Bertz CT molecular complexity index is 275. The molecule has 1 unspecified atom stereocenters. The number of hydrogen-bond donors (Lipinski definition) is 1. The van der Waals surface area contributed by atoms with Crippen molar-refractivity contribution in [1.29, 1.82) is 0 Å². The molecule has 1 aromatic carbocycles. The summed E-state index contributed by atoms with van der Waals surface area (Å²) in [6.45, 7) is 4.57. The van der Waals surface area contributed by atoms with Crippen molar-refractivity contribution < 1.29 is 0 Å². The van der Waals surface area contributed by atoms with Crippen LogP contribution in [0.2, 0.25) is 0 Å². The van der Waals surface area contributed by atoms with Gasteiger partial charge in [0.1, 0.15) is 0 Å². The van der Waals surface area contributed by atoms with Crippen LogP contribution in [0.25, 0.3) is 0 Å². The van der Waals surface area contributed by atoms with Gasteiger partial charge >= 0.3 is 0 Å². The van der Waals surface area contributed by atoms with Crippen LogP contribution in [0.3, 0.4) is 0 Å². The van der Waals surface area contributed by atoms with Gasteiger partial charge in [-0.25, -0.2) is 0 Å². The van der Waals surface area contributed by atoms with Crippen molar-refractivity contribution in [2.75, 3.05) is 0 Å². The summed E-state index contributed by atoms with van der Waals surface area (Å²) >= 11 is 0. The summed E-state index contributed by atoms with van der Waals surface area (Å²) in [6.07, 6.45) is 2.71. The normalized spacial score (nSPS) is 18.5. The smallest absolute Gasteiger partial charge is 0.0345 e. The Kier molecular flexibility index (Phi) is 2.87. The minimum absolute atomic E-state index is 0.531. The number of nitrogens with one attached hydrogen (secondary N) is 1. The Hall–Kier alpha value is -0.820. The van der Waals surface area contributed by atoms with E-state index in [0.717, 1.165) is 6.04 Å². The second-order valence-corrected chi connectivity index (χ2v) is 4.57. The molecule has 0 heterocycles. The first-order valence-corrected chi connectivity index (χ1v) is 5.58. The van der Waals surface area contributed by atoms with E-state index in [1.165, 1.54) is 18.4 Å².